The monoisotopic (exact) mass is 470 g/mol. The first-order chi connectivity index (χ1) is 17.0. The van der Waals surface area contributed by atoms with Crippen LogP contribution in [0.2, 0.25) is 0 Å². The van der Waals surface area contributed by atoms with E-state index in [1.807, 2.05) is 67.4 Å². The fourth-order valence-corrected chi connectivity index (χ4v) is 5.38. The van der Waals surface area contributed by atoms with E-state index in [9.17, 15) is 4.79 Å². The fourth-order valence-electron chi connectivity index (χ4n) is 5.38. The number of pyridine rings is 1. The number of carbonyl (C=O) groups excluding carboxylic acids is 1. The smallest absolute Gasteiger partial charge is 0.251 e. The minimum Gasteiger partial charge on any atom is -0.494 e. The van der Waals surface area contributed by atoms with Gasteiger partial charge in [0, 0.05) is 36.6 Å². The lowest BCUT2D eigenvalue weighted by Gasteiger charge is -2.43. The second-order valence-electron chi connectivity index (χ2n) is 9.37. The molecule has 2 fully saturated rings. The third-order valence-corrected chi connectivity index (χ3v) is 7.13. The molecule has 0 unspecified atom stereocenters. The average molecular weight is 471 g/mol. The number of methoxy groups -OCH3 is 1. The van der Waals surface area contributed by atoms with Gasteiger partial charge in [0.25, 0.3) is 5.91 Å². The van der Waals surface area contributed by atoms with Gasteiger partial charge in [0.2, 0.25) is 0 Å². The lowest BCUT2D eigenvalue weighted by Crippen LogP contribution is -2.56. The van der Waals surface area contributed by atoms with E-state index in [0.29, 0.717) is 12.1 Å². The molecule has 1 aromatic heterocycles. The summed E-state index contributed by atoms with van der Waals surface area (Å²) >= 11 is 0. The van der Waals surface area contributed by atoms with E-state index in [4.69, 9.17) is 19.7 Å². The Morgan fingerprint density at radius 3 is 2.54 bits per heavy atom. The summed E-state index contributed by atoms with van der Waals surface area (Å²) in [7, 11) is 1.70. The van der Waals surface area contributed by atoms with Crippen LogP contribution in [0.25, 0.3) is 22.0 Å². The molecular weight excluding hydrogens is 440 g/mol. The molecule has 2 aliphatic rings. The van der Waals surface area contributed by atoms with E-state index >= 15 is 0 Å². The van der Waals surface area contributed by atoms with E-state index < -0.39 is 0 Å². The Bertz CT molecular complexity index is 1280. The van der Waals surface area contributed by atoms with E-state index in [1.165, 1.54) is 0 Å². The van der Waals surface area contributed by atoms with Gasteiger partial charge in [0.1, 0.15) is 6.10 Å². The number of para-hydroxylation sites is 1. The Kier molecular flexibility index (Phi) is 6.31. The molecule has 0 aliphatic carbocycles. The quantitative estimate of drug-likeness (QED) is 0.563. The maximum Gasteiger partial charge on any atom is 0.251 e. The molecule has 3 heterocycles. The van der Waals surface area contributed by atoms with Gasteiger partial charge in [-0.15, -0.1) is 0 Å². The van der Waals surface area contributed by atoms with Gasteiger partial charge in [-0.25, -0.2) is 0 Å². The van der Waals surface area contributed by atoms with Crippen molar-refractivity contribution in [2.75, 3.05) is 31.6 Å². The van der Waals surface area contributed by atoms with Crippen molar-refractivity contribution < 1.29 is 14.3 Å². The van der Waals surface area contributed by atoms with Gasteiger partial charge in [-0.3, -0.25) is 9.78 Å². The van der Waals surface area contributed by atoms with Crippen molar-refractivity contribution in [1.82, 2.24) is 9.88 Å². The van der Waals surface area contributed by atoms with Crippen LogP contribution in [0.4, 0.5) is 5.69 Å². The molecule has 7 nitrogen and oxygen atoms in total. The topological polar surface area (TPSA) is 78.7 Å². The number of amides is 1. The molecule has 0 saturated carbocycles. The molecule has 2 atom stereocenters. The minimum atomic E-state index is -0.369. The summed E-state index contributed by atoms with van der Waals surface area (Å²) < 4.78 is 11.6. The molecular formula is C28H30N4O3. The van der Waals surface area contributed by atoms with Crippen molar-refractivity contribution in [2.24, 2.45) is 0 Å². The normalized spacial score (nSPS) is 21.3. The fraction of sp³-hybridized carbons (Fsp3) is 0.393. The predicted molar refractivity (Wildman–Crippen MR) is 135 cm³/mol. The van der Waals surface area contributed by atoms with Gasteiger partial charge >= 0.3 is 0 Å². The molecule has 1 amide bonds. The summed E-state index contributed by atoms with van der Waals surface area (Å²) in [6.07, 6.45) is 3.40. The van der Waals surface area contributed by atoms with Crippen LogP contribution >= 0.6 is 0 Å². The number of nitriles is 1. The number of anilines is 1. The van der Waals surface area contributed by atoms with Gasteiger partial charge < -0.3 is 19.3 Å². The highest BCUT2D eigenvalue weighted by molar-refractivity contribution is 5.99. The van der Waals surface area contributed by atoms with Gasteiger partial charge in [0.15, 0.2) is 5.75 Å². The zero-order chi connectivity index (χ0) is 24.5. The van der Waals surface area contributed by atoms with Crippen molar-refractivity contribution in [1.29, 1.82) is 5.26 Å². The standard InChI is InChI=1S/C28H30N4O3/c1-18-17-32(28(33)19(2)35-18)22-11-13-31(14-12-22)25-16-30-26-23(5-4-6-24(26)27(25)34-3)21-9-7-20(15-29)8-10-21/h4-10,16,18-19,22H,11-14,17H2,1-3H3/t18-,19+/m0/s1. The molecule has 7 heteroatoms. The van der Waals surface area contributed by atoms with E-state index in [2.05, 4.69) is 11.0 Å². The summed E-state index contributed by atoms with van der Waals surface area (Å²) in [5.41, 5.74) is 4.49. The molecule has 2 saturated heterocycles. The minimum absolute atomic E-state index is 0.0656. The van der Waals surface area contributed by atoms with Crippen LogP contribution in [0, 0.1) is 11.3 Å². The maximum absolute atomic E-state index is 12.7. The summed E-state index contributed by atoms with van der Waals surface area (Å²) in [4.78, 5) is 21.9. The van der Waals surface area contributed by atoms with Crippen molar-refractivity contribution in [2.45, 2.75) is 44.9 Å². The number of morpholine rings is 1. The third kappa shape index (κ3) is 4.30. The second-order valence-corrected chi connectivity index (χ2v) is 9.37. The molecule has 180 valence electrons. The van der Waals surface area contributed by atoms with Crippen LogP contribution in [-0.4, -0.2) is 60.8 Å². The van der Waals surface area contributed by atoms with Crippen molar-refractivity contribution in [3.8, 4) is 22.9 Å². The third-order valence-electron chi connectivity index (χ3n) is 7.13. The largest absolute Gasteiger partial charge is 0.494 e. The summed E-state index contributed by atoms with van der Waals surface area (Å²) in [5.74, 6) is 0.912. The molecule has 2 aromatic carbocycles. The highest BCUT2D eigenvalue weighted by atomic mass is 16.5. The number of rotatable bonds is 4. The Morgan fingerprint density at radius 2 is 1.86 bits per heavy atom. The van der Waals surface area contributed by atoms with Crippen LogP contribution in [0.3, 0.4) is 0 Å². The van der Waals surface area contributed by atoms with Crippen LogP contribution in [0.1, 0.15) is 32.3 Å². The average Bonchev–Trinajstić information content (AvgIpc) is 2.90. The molecule has 5 rings (SSSR count). The molecule has 0 spiro atoms. The number of hydrogen-bond donors (Lipinski definition) is 0. The van der Waals surface area contributed by atoms with E-state index in [1.54, 1.807) is 7.11 Å². The Morgan fingerprint density at radius 1 is 1.11 bits per heavy atom. The van der Waals surface area contributed by atoms with Crippen LogP contribution in [0.5, 0.6) is 5.75 Å². The Hall–Kier alpha value is -3.63. The number of hydrogen-bond acceptors (Lipinski definition) is 6. The molecule has 35 heavy (non-hydrogen) atoms. The van der Waals surface area contributed by atoms with Gasteiger partial charge in [-0.1, -0.05) is 24.3 Å². The van der Waals surface area contributed by atoms with E-state index in [-0.39, 0.29) is 24.2 Å². The lowest BCUT2D eigenvalue weighted by molar-refractivity contribution is -0.162. The number of ether oxygens (including phenoxy) is 2. The number of benzene rings is 2. The zero-order valence-electron chi connectivity index (χ0n) is 20.4. The van der Waals surface area contributed by atoms with Crippen molar-refractivity contribution in [3.05, 3.63) is 54.2 Å². The van der Waals surface area contributed by atoms with Crippen LogP contribution in [-0.2, 0) is 9.53 Å². The van der Waals surface area contributed by atoms with Gasteiger partial charge in [-0.05, 0) is 50.5 Å². The van der Waals surface area contributed by atoms with Crippen LogP contribution in [0.15, 0.2) is 48.7 Å². The number of aromatic nitrogens is 1. The summed E-state index contributed by atoms with van der Waals surface area (Å²) in [6, 6.07) is 16.1. The number of piperidine rings is 1. The molecule has 0 N–H and O–H groups in total. The highest BCUT2D eigenvalue weighted by Gasteiger charge is 2.36. The predicted octanol–water partition coefficient (Wildman–Crippen LogP) is 4.39. The summed E-state index contributed by atoms with van der Waals surface area (Å²) in [6.45, 7) is 6.20. The Labute approximate surface area is 205 Å². The summed E-state index contributed by atoms with van der Waals surface area (Å²) in [5, 5.41) is 10.1. The SMILES string of the molecule is COc1c(N2CCC(N3C[C@H](C)O[C@H](C)C3=O)CC2)cnc2c(-c3ccc(C#N)cc3)cccc12. The number of carbonyl (C=O) groups is 1. The van der Waals surface area contributed by atoms with Crippen molar-refractivity contribution in [3.63, 3.8) is 0 Å². The Balaban J connectivity index is 1.40. The molecule has 0 radical (unpaired) electrons. The number of nitrogens with zero attached hydrogens (tertiary/aromatic N) is 4. The van der Waals surface area contributed by atoms with Gasteiger partial charge in [-0.2, -0.15) is 5.26 Å². The first-order valence-corrected chi connectivity index (χ1v) is 12.2. The van der Waals surface area contributed by atoms with Crippen LogP contribution < -0.4 is 9.64 Å². The van der Waals surface area contributed by atoms with Gasteiger partial charge in [0.05, 0.1) is 42.2 Å². The molecule has 2 aliphatic heterocycles. The second kappa shape index (κ2) is 9.55. The molecule has 0 bridgehead atoms. The first-order valence-electron chi connectivity index (χ1n) is 12.2. The number of fused-ring (bicyclic) bond motifs is 1. The van der Waals surface area contributed by atoms with Crippen molar-refractivity contribution >= 4 is 22.5 Å². The lowest BCUT2D eigenvalue weighted by atomic mass is 9.98. The molecule has 3 aromatic rings. The first kappa shape index (κ1) is 23.1. The van der Waals surface area contributed by atoms with E-state index in [0.717, 1.165) is 59.4 Å². The maximum atomic E-state index is 12.7. The zero-order valence-corrected chi connectivity index (χ0v) is 20.4. The highest BCUT2D eigenvalue weighted by Crippen LogP contribution is 2.39.